The van der Waals surface area contributed by atoms with Crippen LogP contribution in [0.3, 0.4) is 0 Å². The van der Waals surface area contributed by atoms with E-state index < -0.39 is 0 Å². The normalized spacial score (nSPS) is 10.7. The molecule has 0 spiro atoms. The fraction of sp³-hybridized carbons (Fsp3) is 0. The van der Waals surface area contributed by atoms with E-state index in [0.717, 1.165) is 0 Å². The van der Waals surface area contributed by atoms with Crippen LogP contribution in [0.15, 0.2) is 16.6 Å². The Morgan fingerprint density at radius 2 is 1.91 bits per heavy atom. The highest BCUT2D eigenvalue weighted by atomic mass is 79.9. The molecule has 56 valence electrons. The molecule has 0 bridgehead atoms. The topological polar surface area (TPSA) is 41.6 Å². The quantitative estimate of drug-likeness (QED) is 0.730. The van der Waals surface area contributed by atoms with Crippen molar-refractivity contribution in [3.63, 3.8) is 0 Å². The van der Waals surface area contributed by atoms with Crippen molar-refractivity contribution in [3.05, 3.63) is 22.4 Å². The molecular weight excluding hydrogens is 213 g/mol. The maximum atomic E-state index is 12.8. The van der Waals surface area contributed by atoms with Gasteiger partial charge in [-0.3, -0.25) is 0 Å². The van der Waals surface area contributed by atoms with Gasteiger partial charge in [0.15, 0.2) is 0 Å². The van der Waals surface area contributed by atoms with Crippen molar-refractivity contribution in [3.8, 4) is 0 Å². The van der Waals surface area contributed by atoms with Gasteiger partial charge in [-0.25, -0.2) is 4.39 Å². The number of aromatic nitrogens is 3. The second kappa shape index (κ2) is 2.27. The fourth-order valence-corrected chi connectivity index (χ4v) is 1.17. The maximum Gasteiger partial charge on any atom is 0.139 e. The molecule has 0 radical (unpaired) electrons. The molecule has 0 saturated heterocycles. The number of halogens is 2. The van der Waals surface area contributed by atoms with Crippen LogP contribution in [0.2, 0.25) is 0 Å². The van der Waals surface area contributed by atoms with Gasteiger partial charge >= 0.3 is 0 Å². The first-order valence-corrected chi connectivity index (χ1v) is 3.72. The lowest BCUT2D eigenvalue weighted by atomic mass is 10.3. The Morgan fingerprint density at radius 1 is 1.27 bits per heavy atom. The first-order valence-electron chi connectivity index (χ1n) is 2.93. The zero-order valence-electron chi connectivity index (χ0n) is 5.31. The van der Waals surface area contributed by atoms with Gasteiger partial charge < -0.3 is 0 Å². The predicted octanol–water partition coefficient (Wildman–Crippen LogP) is 1.86. The highest BCUT2D eigenvalue weighted by Crippen LogP contribution is 2.19. The van der Waals surface area contributed by atoms with Gasteiger partial charge in [-0.05, 0) is 22.0 Å². The maximum absolute atomic E-state index is 12.8. The number of fused-ring (bicyclic) bond motifs is 1. The number of rotatable bonds is 0. The molecule has 5 heteroatoms. The molecule has 0 amide bonds. The minimum Gasteiger partial charge on any atom is -0.206 e. The van der Waals surface area contributed by atoms with E-state index in [1.54, 1.807) is 6.07 Å². The summed E-state index contributed by atoms with van der Waals surface area (Å²) < 4.78 is 13.2. The van der Waals surface area contributed by atoms with Crippen LogP contribution in [0.1, 0.15) is 0 Å². The van der Waals surface area contributed by atoms with Crippen LogP contribution in [0, 0.1) is 5.82 Å². The van der Waals surface area contributed by atoms with E-state index in [2.05, 4.69) is 31.3 Å². The highest BCUT2D eigenvalue weighted by molar-refractivity contribution is 9.10. The summed E-state index contributed by atoms with van der Waals surface area (Å²) in [5.74, 6) is -0.327. The molecule has 0 saturated carbocycles. The third-order valence-electron chi connectivity index (χ3n) is 1.36. The van der Waals surface area contributed by atoms with Gasteiger partial charge in [-0.2, -0.15) is 15.4 Å². The van der Waals surface area contributed by atoms with Crippen molar-refractivity contribution in [2.75, 3.05) is 0 Å². The van der Waals surface area contributed by atoms with E-state index in [-0.39, 0.29) is 5.82 Å². The molecule has 1 aromatic carbocycles. The van der Waals surface area contributed by atoms with Crippen LogP contribution in [-0.2, 0) is 0 Å². The number of hydrogen-bond acceptors (Lipinski definition) is 2. The Morgan fingerprint density at radius 3 is 2.64 bits per heavy atom. The first-order chi connectivity index (χ1) is 5.27. The highest BCUT2D eigenvalue weighted by Gasteiger charge is 2.03. The molecule has 11 heavy (non-hydrogen) atoms. The lowest BCUT2D eigenvalue weighted by molar-refractivity contribution is 0.623. The van der Waals surface area contributed by atoms with Crippen molar-refractivity contribution in [2.45, 2.75) is 0 Å². The summed E-state index contributed by atoms with van der Waals surface area (Å²) in [6, 6.07) is 2.90. The number of nitrogens with zero attached hydrogens (tertiary/aromatic N) is 2. The third-order valence-corrected chi connectivity index (χ3v) is 1.97. The molecule has 1 aromatic heterocycles. The second-order valence-electron chi connectivity index (χ2n) is 2.08. The van der Waals surface area contributed by atoms with E-state index in [1.807, 2.05) is 0 Å². The molecule has 0 fully saturated rings. The molecule has 0 aliphatic rings. The van der Waals surface area contributed by atoms with Crippen LogP contribution in [-0.4, -0.2) is 15.4 Å². The van der Waals surface area contributed by atoms with E-state index in [1.165, 1.54) is 6.07 Å². The number of benzene rings is 1. The van der Waals surface area contributed by atoms with E-state index in [9.17, 15) is 4.39 Å². The monoisotopic (exact) mass is 215 g/mol. The molecule has 2 aromatic rings. The van der Waals surface area contributed by atoms with Gasteiger partial charge in [0.05, 0.1) is 4.47 Å². The lowest BCUT2D eigenvalue weighted by Crippen LogP contribution is -1.77. The molecule has 1 heterocycles. The molecule has 0 unspecified atom stereocenters. The molecule has 1 N–H and O–H groups in total. The summed E-state index contributed by atoms with van der Waals surface area (Å²) in [5.41, 5.74) is 1.18. The Hall–Kier alpha value is -0.970. The zero-order chi connectivity index (χ0) is 7.84. The lowest BCUT2D eigenvalue weighted by Gasteiger charge is -1.90. The number of H-pyrrole nitrogens is 1. The minimum atomic E-state index is -0.327. The Balaban J connectivity index is 2.86. The van der Waals surface area contributed by atoms with Crippen molar-refractivity contribution >= 4 is 27.0 Å². The van der Waals surface area contributed by atoms with Crippen LogP contribution in [0.5, 0.6) is 0 Å². The largest absolute Gasteiger partial charge is 0.206 e. The summed E-state index contributed by atoms with van der Waals surface area (Å²) in [7, 11) is 0. The second-order valence-corrected chi connectivity index (χ2v) is 2.93. The Labute approximate surface area is 69.7 Å². The van der Waals surface area contributed by atoms with Gasteiger partial charge in [-0.15, -0.1) is 0 Å². The summed E-state index contributed by atoms with van der Waals surface area (Å²) in [4.78, 5) is 0. The summed E-state index contributed by atoms with van der Waals surface area (Å²) in [6.45, 7) is 0. The Bertz CT molecular complexity index is 362. The number of aromatic amines is 1. The molecule has 0 atom stereocenters. The minimum absolute atomic E-state index is 0.327. The van der Waals surface area contributed by atoms with Crippen molar-refractivity contribution in [1.82, 2.24) is 15.4 Å². The van der Waals surface area contributed by atoms with Crippen LogP contribution < -0.4 is 0 Å². The molecule has 0 aliphatic carbocycles. The SMILES string of the molecule is Fc1cc2n[nH]nc2cc1Br. The third kappa shape index (κ3) is 1.01. The summed E-state index contributed by atoms with van der Waals surface area (Å²) in [6.07, 6.45) is 0. The predicted molar refractivity (Wildman–Crippen MR) is 41.5 cm³/mol. The van der Waals surface area contributed by atoms with Gasteiger partial charge in [0.1, 0.15) is 16.9 Å². The van der Waals surface area contributed by atoms with Crippen molar-refractivity contribution in [1.29, 1.82) is 0 Å². The zero-order valence-corrected chi connectivity index (χ0v) is 6.89. The average molecular weight is 216 g/mol. The number of hydrogen-bond donors (Lipinski definition) is 1. The van der Waals surface area contributed by atoms with Gasteiger partial charge in [0, 0.05) is 6.07 Å². The summed E-state index contributed by atoms with van der Waals surface area (Å²) in [5, 5.41) is 9.92. The fourth-order valence-electron chi connectivity index (χ4n) is 0.838. The van der Waals surface area contributed by atoms with Gasteiger partial charge in [0.25, 0.3) is 0 Å². The van der Waals surface area contributed by atoms with Gasteiger partial charge in [0.2, 0.25) is 0 Å². The van der Waals surface area contributed by atoms with Crippen molar-refractivity contribution < 1.29 is 4.39 Å². The molecule has 2 rings (SSSR count). The van der Waals surface area contributed by atoms with E-state index in [4.69, 9.17) is 0 Å². The Kier molecular flexibility index (Phi) is 1.38. The smallest absolute Gasteiger partial charge is 0.139 e. The summed E-state index contributed by atoms with van der Waals surface area (Å²) >= 11 is 3.04. The van der Waals surface area contributed by atoms with Gasteiger partial charge in [-0.1, -0.05) is 0 Å². The first kappa shape index (κ1) is 6.72. The van der Waals surface area contributed by atoms with E-state index >= 15 is 0 Å². The molecule has 3 nitrogen and oxygen atoms in total. The van der Waals surface area contributed by atoms with Crippen LogP contribution in [0.4, 0.5) is 4.39 Å². The molecule has 0 aliphatic heterocycles. The van der Waals surface area contributed by atoms with E-state index in [0.29, 0.717) is 15.5 Å². The average Bonchev–Trinajstić information content (AvgIpc) is 2.36. The molecular formula is C6H3BrFN3. The van der Waals surface area contributed by atoms with Crippen LogP contribution in [0.25, 0.3) is 11.0 Å². The number of nitrogens with one attached hydrogen (secondary N) is 1. The van der Waals surface area contributed by atoms with Crippen molar-refractivity contribution in [2.24, 2.45) is 0 Å². The van der Waals surface area contributed by atoms with Crippen LogP contribution >= 0.6 is 15.9 Å². The standard InChI is InChI=1S/C6H3BrFN3/c7-3-1-5-6(2-4(3)8)10-11-9-5/h1-2H,(H,9,10,11).